The Bertz CT molecular complexity index is 867. The fraction of sp³-hybridized carbons (Fsp3) is 0.167. The third kappa shape index (κ3) is 3.10. The minimum atomic E-state index is -0.436. The highest BCUT2D eigenvalue weighted by Gasteiger charge is 2.19. The van der Waals surface area contributed by atoms with E-state index in [1.54, 1.807) is 18.2 Å². The largest absolute Gasteiger partial charge is 0.349 e. The van der Waals surface area contributed by atoms with E-state index in [2.05, 4.69) is 10.2 Å². The summed E-state index contributed by atoms with van der Waals surface area (Å²) in [6.45, 7) is 3.23. The van der Waals surface area contributed by atoms with Crippen molar-refractivity contribution in [3.63, 3.8) is 0 Å². The highest BCUT2D eigenvalue weighted by molar-refractivity contribution is 5.50. The molecule has 0 atom stereocenters. The van der Waals surface area contributed by atoms with Crippen molar-refractivity contribution in [1.29, 1.82) is 5.26 Å². The lowest BCUT2D eigenvalue weighted by molar-refractivity contribution is 0.595. The van der Waals surface area contributed by atoms with Gasteiger partial charge in [0.25, 0.3) is 0 Å². The van der Waals surface area contributed by atoms with E-state index in [9.17, 15) is 9.65 Å². The molecule has 0 aliphatic carbocycles. The van der Waals surface area contributed by atoms with E-state index in [0.29, 0.717) is 18.9 Å². The molecule has 24 heavy (non-hydrogen) atoms. The summed E-state index contributed by atoms with van der Waals surface area (Å²) >= 11 is 0. The Morgan fingerprint density at radius 2 is 1.79 bits per heavy atom. The number of nitriles is 1. The first kappa shape index (κ1) is 15.7. The number of halogens is 1. The zero-order valence-corrected chi connectivity index (χ0v) is 13.2. The Labute approximate surface area is 139 Å². The van der Waals surface area contributed by atoms with Crippen LogP contribution in [0.15, 0.2) is 54.6 Å². The molecule has 2 aromatic carbocycles. The van der Waals surface area contributed by atoms with Gasteiger partial charge in [-0.1, -0.05) is 42.5 Å². The number of para-hydroxylation sites is 1. The van der Waals surface area contributed by atoms with Crippen LogP contribution in [0.2, 0.25) is 0 Å². The first-order chi connectivity index (χ1) is 11.7. The molecule has 6 heteroatoms. The van der Waals surface area contributed by atoms with Crippen LogP contribution in [0.5, 0.6) is 0 Å². The van der Waals surface area contributed by atoms with Gasteiger partial charge in [0, 0.05) is 13.1 Å². The minimum Gasteiger partial charge on any atom is -0.349 e. The van der Waals surface area contributed by atoms with E-state index in [1.807, 2.05) is 48.2 Å². The van der Waals surface area contributed by atoms with Crippen LogP contribution in [0, 0.1) is 17.1 Å². The molecule has 1 heterocycles. The van der Waals surface area contributed by atoms with E-state index < -0.39 is 5.82 Å². The predicted molar refractivity (Wildman–Crippen MR) is 89.2 cm³/mol. The first-order valence-corrected chi connectivity index (χ1v) is 7.64. The fourth-order valence-electron chi connectivity index (χ4n) is 2.45. The van der Waals surface area contributed by atoms with Crippen LogP contribution in [0.3, 0.4) is 0 Å². The molecule has 120 valence electrons. The molecule has 0 spiro atoms. The van der Waals surface area contributed by atoms with Gasteiger partial charge in [-0.25, -0.2) is 4.39 Å². The van der Waals surface area contributed by atoms with Crippen molar-refractivity contribution in [1.82, 2.24) is 15.0 Å². The summed E-state index contributed by atoms with van der Waals surface area (Å²) in [7, 11) is 0. The molecule has 3 aromatic rings. The van der Waals surface area contributed by atoms with Crippen molar-refractivity contribution >= 4 is 5.82 Å². The Hall–Kier alpha value is -3.20. The molecule has 0 aliphatic rings. The van der Waals surface area contributed by atoms with Gasteiger partial charge in [0.2, 0.25) is 5.69 Å². The minimum absolute atomic E-state index is 0.177. The Kier molecular flexibility index (Phi) is 4.52. The highest BCUT2D eigenvalue weighted by atomic mass is 19.1. The second-order valence-corrected chi connectivity index (χ2v) is 5.22. The highest BCUT2D eigenvalue weighted by Crippen LogP contribution is 2.20. The van der Waals surface area contributed by atoms with Crippen molar-refractivity contribution < 1.29 is 4.39 Å². The third-order valence-electron chi connectivity index (χ3n) is 3.67. The molecule has 0 unspecified atom stereocenters. The quantitative estimate of drug-likeness (QED) is 0.723. The van der Waals surface area contributed by atoms with Crippen LogP contribution in [0.25, 0.3) is 5.69 Å². The standard InChI is InChI=1S/C18H16FN5/c1-2-23(13-14-8-4-3-5-9-14)18-16(12-20)21-24(22-18)17-11-7-6-10-15(17)19/h3-11H,2,13H2,1H3. The van der Waals surface area contributed by atoms with E-state index >= 15 is 0 Å². The maximum atomic E-state index is 14.0. The third-order valence-corrected chi connectivity index (χ3v) is 3.67. The molecule has 0 N–H and O–H groups in total. The van der Waals surface area contributed by atoms with E-state index in [0.717, 1.165) is 5.56 Å². The summed E-state index contributed by atoms with van der Waals surface area (Å²) in [4.78, 5) is 3.12. The number of hydrogen-bond donors (Lipinski definition) is 0. The fourth-order valence-corrected chi connectivity index (χ4v) is 2.45. The van der Waals surface area contributed by atoms with Gasteiger partial charge in [0.05, 0.1) is 0 Å². The molecule has 0 fully saturated rings. The maximum Gasteiger partial charge on any atom is 0.207 e. The van der Waals surface area contributed by atoms with Crippen molar-refractivity contribution in [2.75, 3.05) is 11.4 Å². The summed E-state index contributed by atoms with van der Waals surface area (Å²) < 4.78 is 14.0. The van der Waals surface area contributed by atoms with Gasteiger partial charge in [-0.2, -0.15) is 5.26 Å². The Balaban J connectivity index is 1.98. The van der Waals surface area contributed by atoms with Crippen LogP contribution in [-0.4, -0.2) is 21.5 Å². The lowest BCUT2D eigenvalue weighted by Gasteiger charge is -2.20. The molecule has 0 bridgehead atoms. The molecule has 1 aromatic heterocycles. The van der Waals surface area contributed by atoms with Crippen LogP contribution in [0.4, 0.5) is 10.2 Å². The molecule has 5 nitrogen and oxygen atoms in total. The first-order valence-electron chi connectivity index (χ1n) is 7.64. The van der Waals surface area contributed by atoms with Crippen LogP contribution >= 0.6 is 0 Å². The van der Waals surface area contributed by atoms with Gasteiger partial charge >= 0.3 is 0 Å². The smallest absolute Gasteiger partial charge is 0.207 e. The normalized spacial score (nSPS) is 10.4. The molecule has 3 rings (SSSR count). The van der Waals surface area contributed by atoms with Crippen molar-refractivity contribution in [2.24, 2.45) is 0 Å². The monoisotopic (exact) mass is 321 g/mol. The molecule has 0 saturated heterocycles. The lowest BCUT2D eigenvalue weighted by atomic mass is 10.2. The number of anilines is 1. The summed E-state index contributed by atoms with van der Waals surface area (Å²) in [5.74, 6) is 0.0155. The summed E-state index contributed by atoms with van der Waals surface area (Å²) in [5.41, 5.74) is 1.50. The van der Waals surface area contributed by atoms with Gasteiger partial charge < -0.3 is 4.90 Å². The van der Waals surface area contributed by atoms with Crippen molar-refractivity contribution in [3.05, 3.63) is 71.7 Å². The zero-order chi connectivity index (χ0) is 16.9. The van der Waals surface area contributed by atoms with Crippen LogP contribution in [-0.2, 0) is 6.54 Å². The number of benzene rings is 2. The van der Waals surface area contributed by atoms with Gasteiger partial charge in [-0.05, 0) is 24.6 Å². The number of hydrogen-bond acceptors (Lipinski definition) is 4. The van der Waals surface area contributed by atoms with Crippen LogP contribution in [0.1, 0.15) is 18.2 Å². The van der Waals surface area contributed by atoms with Crippen molar-refractivity contribution in [2.45, 2.75) is 13.5 Å². The average Bonchev–Trinajstić information content (AvgIpc) is 3.05. The zero-order valence-electron chi connectivity index (χ0n) is 13.2. The molecule has 0 radical (unpaired) electrons. The van der Waals surface area contributed by atoms with Gasteiger partial charge in [-0.15, -0.1) is 15.0 Å². The van der Waals surface area contributed by atoms with E-state index in [1.165, 1.54) is 10.9 Å². The molecular weight excluding hydrogens is 305 g/mol. The molecule has 0 saturated carbocycles. The maximum absolute atomic E-state index is 14.0. The topological polar surface area (TPSA) is 57.7 Å². The second-order valence-electron chi connectivity index (χ2n) is 5.22. The van der Waals surface area contributed by atoms with Gasteiger partial charge in [0.15, 0.2) is 11.6 Å². The number of rotatable bonds is 5. The molecule has 0 aliphatic heterocycles. The van der Waals surface area contributed by atoms with Crippen molar-refractivity contribution in [3.8, 4) is 11.8 Å². The van der Waals surface area contributed by atoms with Gasteiger partial charge in [0.1, 0.15) is 11.8 Å². The second kappa shape index (κ2) is 6.92. The summed E-state index contributed by atoms with van der Waals surface area (Å²) in [5, 5.41) is 17.9. The molecular formula is C18H16FN5. The average molecular weight is 321 g/mol. The lowest BCUT2D eigenvalue weighted by Crippen LogP contribution is -2.23. The molecule has 0 amide bonds. The van der Waals surface area contributed by atoms with Gasteiger partial charge in [-0.3, -0.25) is 0 Å². The Morgan fingerprint density at radius 1 is 1.08 bits per heavy atom. The summed E-state index contributed by atoms with van der Waals surface area (Å²) in [6.07, 6.45) is 0. The number of aromatic nitrogens is 3. The van der Waals surface area contributed by atoms with Crippen LogP contribution < -0.4 is 4.90 Å². The SMILES string of the molecule is CCN(Cc1ccccc1)c1nn(-c2ccccc2F)nc1C#N. The Morgan fingerprint density at radius 3 is 2.46 bits per heavy atom. The summed E-state index contributed by atoms with van der Waals surface area (Å²) in [6, 6.07) is 18.2. The van der Waals surface area contributed by atoms with E-state index in [-0.39, 0.29) is 11.4 Å². The number of nitrogens with zero attached hydrogens (tertiary/aromatic N) is 5. The predicted octanol–water partition coefficient (Wildman–Crippen LogP) is 3.30. The van der Waals surface area contributed by atoms with E-state index in [4.69, 9.17) is 0 Å².